The zero-order valence-corrected chi connectivity index (χ0v) is 12.0. The van der Waals surface area contributed by atoms with Gasteiger partial charge in [-0.05, 0) is 44.0 Å². The van der Waals surface area contributed by atoms with Gasteiger partial charge in [-0.1, -0.05) is 31.2 Å². The molecule has 0 saturated carbocycles. The van der Waals surface area contributed by atoms with Crippen LogP contribution in [-0.4, -0.2) is 36.5 Å². The lowest BCUT2D eigenvalue weighted by Gasteiger charge is -2.22. The second-order valence-corrected chi connectivity index (χ2v) is 5.33. The molecule has 1 amide bonds. The average Bonchev–Trinajstić information content (AvgIpc) is 2.86. The third kappa shape index (κ3) is 3.80. The molecule has 3 nitrogen and oxygen atoms in total. The topological polar surface area (TPSA) is 32.3 Å². The molecular formula is C16H24N2O. The van der Waals surface area contributed by atoms with Gasteiger partial charge in [0.15, 0.2) is 0 Å². The summed E-state index contributed by atoms with van der Waals surface area (Å²) in [5, 5.41) is 3.08. The number of likely N-dealkylation sites (N-methyl/N-ethyl adjacent to an activating group) is 1. The highest BCUT2D eigenvalue weighted by molar-refractivity contribution is 5.78. The van der Waals surface area contributed by atoms with Crippen LogP contribution in [0.15, 0.2) is 24.3 Å². The number of hydrogen-bond donors (Lipinski definition) is 1. The van der Waals surface area contributed by atoms with Gasteiger partial charge in [0.05, 0.1) is 6.42 Å². The smallest absolute Gasteiger partial charge is 0.224 e. The lowest BCUT2D eigenvalue weighted by Crippen LogP contribution is -2.40. The number of benzene rings is 1. The minimum Gasteiger partial charge on any atom is -0.354 e. The molecule has 0 bridgehead atoms. The zero-order valence-electron chi connectivity index (χ0n) is 12.0. The zero-order chi connectivity index (χ0) is 13.7. The molecule has 1 aliphatic rings. The molecule has 1 saturated heterocycles. The second-order valence-electron chi connectivity index (χ2n) is 5.33. The van der Waals surface area contributed by atoms with E-state index in [1.807, 2.05) is 18.2 Å². The van der Waals surface area contributed by atoms with Crippen LogP contribution in [-0.2, 0) is 11.2 Å². The van der Waals surface area contributed by atoms with E-state index in [9.17, 15) is 4.79 Å². The van der Waals surface area contributed by atoms with E-state index in [1.54, 1.807) is 0 Å². The number of likely N-dealkylation sites (tertiary alicyclic amines) is 1. The summed E-state index contributed by atoms with van der Waals surface area (Å²) in [4.78, 5) is 14.4. The van der Waals surface area contributed by atoms with Crippen molar-refractivity contribution in [3.05, 3.63) is 35.4 Å². The molecule has 0 aromatic heterocycles. The third-order valence-electron chi connectivity index (χ3n) is 4.05. The van der Waals surface area contributed by atoms with Crippen LogP contribution in [0.25, 0.3) is 0 Å². The molecule has 1 aromatic rings. The average molecular weight is 260 g/mol. The largest absolute Gasteiger partial charge is 0.354 e. The summed E-state index contributed by atoms with van der Waals surface area (Å²) < 4.78 is 0. The van der Waals surface area contributed by atoms with E-state index in [1.165, 1.54) is 24.9 Å². The maximum absolute atomic E-state index is 12.0. The highest BCUT2D eigenvalue weighted by Crippen LogP contribution is 2.15. The molecule has 0 radical (unpaired) electrons. The standard InChI is InChI=1S/C16H24N2O/c1-3-18-10-6-9-15(18)12-17-16(19)11-14-8-5-4-7-13(14)2/h4-5,7-8,15H,3,6,9-12H2,1-2H3,(H,17,19)/t15-/m1/s1. The van der Waals surface area contributed by atoms with Crippen molar-refractivity contribution < 1.29 is 4.79 Å². The SMILES string of the molecule is CCN1CCC[C@@H]1CNC(=O)Cc1ccccc1C. The van der Waals surface area contributed by atoms with Crippen LogP contribution in [0, 0.1) is 6.92 Å². The summed E-state index contributed by atoms with van der Waals surface area (Å²) in [6.07, 6.45) is 2.95. The molecule has 3 heteroatoms. The van der Waals surface area contributed by atoms with Crippen LogP contribution in [0.3, 0.4) is 0 Å². The van der Waals surface area contributed by atoms with Crippen molar-refractivity contribution >= 4 is 5.91 Å². The number of aryl methyl sites for hydroxylation is 1. The summed E-state index contributed by atoms with van der Waals surface area (Å²) in [6, 6.07) is 8.62. The van der Waals surface area contributed by atoms with E-state index in [2.05, 4.69) is 30.1 Å². The predicted molar refractivity (Wildman–Crippen MR) is 78.2 cm³/mol. The highest BCUT2D eigenvalue weighted by atomic mass is 16.1. The quantitative estimate of drug-likeness (QED) is 0.879. The van der Waals surface area contributed by atoms with Gasteiger partial charge >= 0.3 is 0 Å². The van der Waals surface area contributed by atoms with Crippen molar-refractivity contribution in [1.82, 2.24) is 10.2 Å². The van der Waals surface area contributed by atoms with Gasteiger partial charge < -0.3 is 5.32 Å². The molecule has 1 aliphatic heterocycles. The fraction of sp³-hybridized carbons (Fsp3) is 0.562. The summed E-state index contributed by atoms with van der Waals surface area (Å²) in [5.74, 6) is 0.136. The number of hydrogen-bond acceptors (Lipinski definition) is 2. The minimum atomic E-state index is 0.136. The first-order valence-electron chi connectivity index (χ1n) is 7.26. The van der Waals surface area contributed by atoms with E-state index in [4.69, 9.17) is 0 Å². The van der Waals surface area contributed by atoms with E-state index in [0.717, 1.165) is 18.7 Å². The summed E-state index contributed by atoms with van der Waals surface area (Å²) in [5.41, 5.74) is 2.31. The number of amides is 1. The number of carbonyl (C=O) groups excluding carboxylic acids is 1. The van der Waals surface area contributed by atoms with Gasteiger partial charge in [0.2, 0.25) is 5.91 Å². The van der Waals surface area contributed by atoms with Crippen LogP contribution in [0.5, 0.6) is 0 Å². The Morgan fingerprint density at radius 1 is 1.42 bits per heavy atom. The Labute approximate surface area is 116 Å². The number of nitrogens with one attached hydrogen (secondary N) is 1. The number of rotatable bonds is 5. The van der Waals surface area contributed by atoms with Gasteiger partial charge in [-0.25, -0.2) is 0 Å². The Morgan fingerprint density at radius 3 is 2.95 bits per heavy atom. The normalized spacial score (nSPS) is 19.6. The summed E-state index contributed by atoms with van der Waals surface area (Å²) in [6.45, 7) is 7.29. The van der Waals surface area contributed by atoms with Crippen molar-refractivity contribution in [3.8, 4) is 0 Å². The van der Waals surface area contributed by atoms with E-state index in [-0.39, 0.29) is 5.91 Å². The molecule has 1 fully saturated rings. The molecular weight excluding hydrogens is 236 g/mol. The fourth-order valence-corrected chi connectivity index (χ4v) is 2.82. The van der Waals surface area contributed by atoms with Crippen LogP contribution in [0.1, 0.15) is 30.9 Å². The first kappa shape index (κ1) is 14.1. The van der Waals surface area contributed by atoms with Crippen molar-refractivity contribution in [2.45, 2.75) is 39.2 Å². The molecule has 2 rings (SSSR count). The Bertz CT molecular complexity index is 431. The van der Waals surface area contributed by atoms with Gasteiger partial charge in [0, 0.05) is 12.6 Å². The van der Waals surface area contributed by atoms with E-state index in [0.29, 0.717) is 12.5 Å². The fourth-order valence-electron chi connectivity index (χ4n) is 2.82. The van der Waals surface area contributed by atoms with Gasteiger partial charge in [0.1, 0.15) is 0 Å². The van der Waals surface area contributed by atoms with Gasteiger partial charge in [-0.3, -0.25) is 9.69 Å². The first-order valence-corrected chi connectivity index (χ1v) is 7.26. The van der Waals surface area contributed by atoms with Gasteiger partial charge in [0.25, 0.3) is 0 Å². The van der Waals surface area contributed by atoms with E-state index < -0.39 is 0 Å². The van der Waals surface area contributed by atoms with Crippen molar-refractivity contribution in [2.75, 3.05) is 19.6 Å². The molecule has 0 aliphatic carbocycles. The number of carbonyl (C=O) groups is 1. The monoisotopic (exact) mass is 260 g/mol. The molecule has 1 atom stereocenters. The minimum absolute atomic E-state index is 0.136. The van der Waals surface area contributed by atoms with Crippen molar-refractivity contribution in [3.63, 3.8) is 0 Å². The predicted octanol–water partition coefficient (Wildman–Crippen LogP) is 2.14. The maximum atomic E-state index is 12.0. The molecule has 0 unspecified atom stereocenters. The molecule has 104 valence electrons. The highest BCUT2D eigenvalue weighted by Gasteiger charge is 2.23. The van der Waals surface area contributed by atoms with Crippen LogP contribution in [0.2, 0.25) is 0 Å². The Hall–Kier alpha value is -1.35. The van der Waals surface area contributed by atoms with Crippen LogP contribution >= 0.6 is 0 Å². The lowest BCUT2D eigenvalue weighted by molar-refractivity contribution is -0.120. The van der Waals surface area contributed by atoms with Crippen LogP contribution in [0.4, 0.5) is 0 Å². The maximum Gasteiger partial charge on any atom is 0.224 e. The summed E-state index contributed by atoms with van der Waals surface area (Å²) >= 11 is 0. The molecule has 19 heavy (non-hydrogen) atoms. The van der Waals surface area contributed by atoms with Gasteiger partial charge in [-0.2, -0.15) is 0 Å². The Balaban J connectivity index is 1.80. The van der Waals surface area contributed by atoms with E-state index >= 15 is 0 Å². The first-order chi connectivity index (χ1) is 9.20. The molecule has 1 N–H and O–H groups in total. The van der Waals surface area contributed by atoms with Gasteiger partial charge in [-0.15, -0.1) is 0 Å². The molecule has 0 spiro atoms. The van der Waals surface area contributed by atoms with Crippen molar-refractivity contribution in [2.24, 2.45) is 0 Å². The third-order valence-corrected chi connectivity index (χ3v) is 4.05. The summed E-state index contributed by atoms with van der Waals surface area (Å²) in [7, 11) is 0. The Kier molecular flexibility index (Phi) is 4.97. The second kappa shape index (κ2) is 6.71. The molecule has 1 heterocycles. The number of nitrogens with zero attached hydrogens (tertiary/aromatic N) is 1. The Morgan fingerprint density at radius 2 is 2.21 bits per heavy atom. The van der Waals surface area contributed by atoms with Crippen LogP contribution < -0.4 is 5.32 Å². The van der Waals surface area contributed by atoms with Crippen molar-refractivity contribution in [1.29, 1.82) is 0 Å². The lowest BCUT2D eigenvalue weighted by atomic mass is 10.1. The molecule has 1 aromatic carbocycles.